The number of phenols is 5. The summed E-state index contributed by atoms with van der Waals surface area (Å²) in [7, 11) is 2.58. The van der Waals surface area contributed by atoms with Gasteiger partial charge in [-0.3, -0.25) is 4.79 Å². The second kappa shape index (κ2) is 9.27. The van der Waals surface area contributed by atoms with E-state index in [1.54, 1.807) is 0 Å². The van der Waals surface area contributed by atoms with Crippen LogP contribution in [-0.2, 0) is 11.7 Å². The van der Waals surface area contributed by atoms with Crippen LogP contribution >= 0.6 is 0 Å². The van der Waals surface area contributed by atoms with Gasteiger partial charge in [-0.2, -0.15) is 0 Å². The third-order valence-electron chi connectivity index (χ3n) is 7.52. The predicted molar refractivity (Wildman–Crippen MR) is 126 cm³/mol. The van der Waals surface area contributed by atoms with E-state index < -0.39 is 69.4 Å². The number of aromatic hydroxyl groups is 5. The third-order valence-corrected chi connectivity index (χ3v) is 7.52. The second-order valence-electron chi connectivity index (χ2n) is 9.57. The molecule has 1 unspecified atom stereocenters. The Morgan fingerprint density at radius 2 is 1.28 bits per heavy atom. The first-order valence-corrected chi connectivity index (χ1v) is 11.6. The molecule has 0 radical (unpaired) electrons. The summed E-state index contributed by atoms with van der Waals surface area (Å²) in [5.41, 5.74) is -1.71. The zero-order valence-corrected chi connectivity index (χ0v) is 20.7. The van der Waals surface area contributed by atoms with E-state index in [1.807, 2.05) is 0 Å². The highest BCUT2D eigenvalue weighted by Crippen LogP contribution is 2.55. The van der Waals surface area contributed by atoms with Gasteiger partial charge in [0.1, 0.15) is 11.5 Å². The molecule has 1 heterocycles. The van der Waals surface area contributed by atoms with E-state index >= 15 is 0 Å². The van der Waals surface area contributed by atoms with Gasteiger partial charge in [-0.05, 0) is 25.0 Å². The molecule has 2 aromatic carbocycles. The van der Waals surface area contributed by atoms with E-state index in [2.05, 4.69) is 0 Å². The standard InChI is InChI=1S/C24H29NO14/c1-38-12-7-10-11(8-13(12)39-2)23(34,35)21(15(10)26)22(32,33)9-3-5-25(6-4-9)24(36,37)14-16(27)18(29)20(31)19(30)17(14)28/h7-9,21,27-37H,3-6H2,1-2H3. The lowest BCUT2D eigenvalue weighted by molar-refractivity contribution is -0.321. The number of piperidine rings is 1. The lowest BCUT2D eigenvalue weighted by Gasteiger charge is -2.45. The van der Waals surface area contributed by atoms with Crippen molar-refractivity contribution < 1.29 is 70.4 Å². The number of ether oxygens (including phenoxy) is 2. The molecular weight excluding hydrogens is 526 g/mol. The van der Waals surface area contributed by atoms with Gasteiger partial charge in [-0.25, -0.2) is 4.90 Å². The van der Waals surface area contributed by atoms with Crippen LogP contribution in [0.3, 0.4) is 0 Å². The number of aliphatic hydroxyl groups is 6. The van der Waals surface area contributed by atoms with Gasteiger partial charge in [0.15, 0.2) is 34.6 Å². The molecule has 0 spiro atoms. The van der Waals surface area contributed by atoms with Gasteiger partial charge < -0.3 is 65.6 Å². The first-order chi connectivity index (χ1) is 18.0. The lowest BCUT2D eigenvalue weighted by Crippen LogP contribution is -2.58. The molecule has 4 rings (SSSR count). The fraction of sp³-hybridized carbons (Fsp3) is 0.458. The molecule has 15 heteroatoms. The number of nitrogens with zero attached hydrogens (tertiary/aromatic N) is 1. The summed E-state index contributed by atoms with van der Waals surface area (Å²) in [6.07, 6.45) is -0.563. The average Bonchev–Trinajstić information content (AvgIpc) is 3.09. The van der Waals surface area contributed by atoms with Crippen molar-refractivity contribution in [3.63, 3.8) is 0 Å². The first kappa shape index (κ1) is 28.4. The summed E-state index contributed by atoms with van der Waals surface area (Å²) in [6, 6.07) is 2.32. The maximum Gasteiger partial charge on any atom is 0.261 e. The minimum atomic E-state index is -3.24. The molecule has 39 heavy (non-hydrogen) atoms. The fourth-order valence-electron chi connectivity index (χ4n) is 5.38. The number of methoxy groups -OCH3 is 2. The molecular formula is C24H29NO14. The number of Topliss-reactive ketones (excluding diaryl/α,β-unsaturated/α-hetero) is 1. The molecule has 2 aliphatic rings. The number of carbonyl (C=O) groups is 1. The van der Waals surface area contributed by atoms with Gasteiger partial charge in [-0.1, -0.05) is 0 Å². The van der Waals surface area contributed by atoms with Gasteiger partial charge in [0.05, 0.1) is 14.2 Å². The molecule has 11 N–H and O–H groups in total. The Morgan fingerprint density at radius 3 is 1.77 bits per heavy atom. The monoisotopic (exact) mass is 555 g/mol. The topological polar surface area (TPSA) is 261 Å². The van der Waals surface area contributed by atoms with Crippen molar-refractivity contribution >= 4 is 5.78 Å². The van der Waals surface area contributed by atoms with Gasteiger partial charge in [0, 0.05) is 30.1 Å². The summed E-state index contributed by atoms with van der Waals surface area (Å²) in [5, 5.41) is 115. The van der Waals surface area contributed by atoms with Crippen LogP contribution in [-0.4, -0.2) is 100.0 Å². The van der Waals surface area contributed by atoms with Crippen LogP contribution in [0.4, 0.5) is 0 Å². The highest BCUT2D eigenvalue weighted by atomic mass is 16.5. The number of fused-ring (bicyclic) bond motifs is 1. The summed E-state index contributed by atoms with van der Waals surface area (Å²) >= 11 is 0. The van der Waals surface area contributed by atoms with Gasteiger partial charge in [0.2, 0.25) is 23.0 Å². The normalized spacial score (nSPS) is 20.2. The van der Waals surface area contributed by atoms with Crippen LogP contribution < -0.4 is 9.47 Å². The number of hydrogen-bond acceptors (Lipinski definition) is 15. The Morgan fingerprint density at radius 1 is 0.821 bits per heavy atom. The summed E-state index contributed by atoms with van der Waals surface area (Å²) < 4.78 is 10.3. The highest BCUT2D eigenvalue weighted by Gasteiger charge is 2.62. The second-order valence-corrected chi connectivity index (χ2v) is 9.57. The van der Waals surface area contributed by atoms with Crippen molar-refractivity contribution in [1.82, 2.24) is 4.90 Å². The molecule has 2 aromatic rings. The number of likely N-dealkylation sites (tertiary alicyclic amines) is 1. The number of phenolic OH excluding ortho intramolecular Hbond substituents is 5. The fourth-order valence-corrected chi connectivity index (χ4v) is 5.38. The van der Waals surface area contributed by atoms with Crippen LogP contribution in [0.1, 0.15) is 34.3 Å². The zero-order valence-electron chi connectivity index (χ0n) is 20.7. The van der Waals surface area contributed by atoms with E-state index in [9.17, 15) is 61.0 Å². The van der Waals surface area contributed by atoms with E-state index in [4.69, 9.17) is 9.47 Å². The Bertz CT molecular complexity index is 1280. The Balaban J connectivity index is 1.60. The van der Waals surface area contributed by atoms with Crippen molar-refractivity contribution in [2.24, 2.45) is 11.8 Å². The minimum absolute atomic E-state index is 0.0620. The zero-order chi connectivity index (χ0) is 29.2. The molecule has 1 fully saturated rings. The SMILES string of the molecule is COc1cc2c(cc1OC)C(O)(O)C(C(O)(O)C1CCN(C(O)(O)c3c(O)c(O)c(O)c(O)c3O)CC1)C2=O. The average molecular weight is 555 g/mol. The predicted octanol–water partition coefficient (Wildman–Crippen LogP) is -1.63. The Labute approximate surface area is 220 Å². The molecule has 214 valence electrons. The summed E-state index contributed by atoms with van der Waals surface area (Å²) in [5.74, 6) is -20.1. The Hall–Kier alpha value is -3.57. The molecule has 0 amide bonds. The highest BCUT2D eigenvalue weighted by molar-refractivity contribution is 6.04. The molecule has 1 aliphatic heterocycles. The van der Waals surface area contributed by atoms with Crippen molar-refractivity contribution in [3.8, 4) is 40.2 Å². The summed E-state index contributed by atoms with van der Waals surface area (Å²) in [4.78, 5) is 14.0. The van der Waals surface area contributed by atoms with Crippen LogP contribution in [0.5, 0.6) is 40.2 Å². The van der Waals surface area contributed by atoms with E-state index in [1.165, 1.54) is 20.3 Å². The van der Waals surface area contributed by atoms with E-state index in [-0.39, 0.29) is 48.6 Å². The first-order valence-electron chi connectivity index (χ1n) is 11.6. The van der Waals surface area contributed by atoms with Crippen LogP contribution in [0.25, 0.3) is 0 Å². The minimum Gasteiger partial charge on any atom is -0.504 e. The molecule has 1 atom stereocenters. The smallest absolute Gasteiger partial charge is 0.261 e. The number of hydrogen-bond donors (Lipinski definition) is 11. The van der Waals surface area contributed by atoms with Gasteiger partial charge >= 0.3 is 0 Å². The van der Waals surface area contributed by atoms with Crippen LogP contribution in [0.2, 0.25) is 0 Å². The van der Waals surface area contributed by atoms with Crippen molar-refractivity contribution in [2.45, 2.75) is 30.3 Å². The van der Waals surface area contributed by atoms with Crippen molar-refractivity contribution in [2.75, 3.05) is 27.3 Å². The van der Waals surface area contributed by atoms with E-state index in [0.717, 1.165) is 11.0 Å². The number of carbonyl (C=O) groups excluding carboxylic acids is 1. The van der Waals surface area contributed by atoms with Gasteiger partial charge in [0.25, 0.3) is 5.91 Å². The molecule has 0 saturated carbocycles. The molecule has 1 aliphatic carbocycles. The Kier molecular flexibility index (Phi) is 6.76. The van der Waals surface area contributed by atoms with Crippen LogP contribution in [0, 0.1) is 11.8 Å². The third kappa shape index (κ3) is 4.06. The van der Waals surface area contributed by atoms with Crippen LogP contribution in [0.15, 0.2) is 12.1 Å². The van der Waals surface area contributed by atoms with Crippen molar-refractivity contribution in [1.29, 1.82) is 0 Å². The molecule has 15 nitrogen and oxygen atoms in total. The number of rotatable bonds is 6. The molecule has 0 aromatic heterocycles. The van der Waals surface area contributed by atoms with Gasteiger partial charge in [-0.15, -0.1) is 0 Å². The maximum absolute atomic E-state index is 13.2. The van der Waals surface area contributed by atoms with Crippen molar-refractivity contribution in [3.05, 3.63) is 28.8 Å². The molecule has 1 saturated heterocycles. The maximum atomic E-state index is 13.2. The number of benzene rings is 2. The molecule has 0 bridgehead atoms. The summed E-state index contributed by atoms with van der Waals surface area (Å²) in [6.45, 7) is -0.775. The largest absolute Gasteiger partial charge is 0.504 e. The number of ketones is 1. The van der Waals surface area contributed by atoms with E-state index in [0.29, 0.717) is 0 Å². The lowest BCUT2D eigenvalue weighted by atomic mass is 9.77. The quantitative estimate of drug-likeness (QED) is 0.109.